The summed E-state index contributed by atoms with van der Waals surface area (Å²) in [6.07, 6.45) is 11.4. The molecule has 0 radical (unpaired) electrons. The van der Waals surface area contributed by atoms with Crippen LogP contribution in [0.3, 0.4) is 0 Å². The Morgan fingerprint density at radius 3 is 2.27 bits per heavy atom. The zero-order valence-corrected chi connectivity index (χ0v) is 10.4. The molecule has 0 heterocycles. The fourth-order valence-corrected chi connectivity index (χ4v) is 4.49. The first-order valence-corrected chi connectivity index (χ1v) is 7.53. The zero-order chi connectivity index (χ0) is 10.5. The van der Waals surface area contributed by atoms with Gasteiger partial charge in [-0.05, 0) is 31.6 Å². The normalized spacial score (nSPS) is 26.2. The van der Waals surface area contributed by atoms with Gasteiger partial charge in [0.05, 0.1) is 0 Å². The molecule has 0 amide bonds. The van der Waals surface area contributed by atoms with Crippen LogP contribution in [0.4, 0.5) is 0 Å². The van der Waals surface area contributed by atoms with Gasteiger partial charge < -0.3 is 0 Å². The Morgan fingerprint density at radius 2 is 1.67 bits per heavy atom. The van der Waals surface area contributed by atoms with Crippen LogP contribution in [0, 0.1) is 5.92 Å². The Morgan fingerprint density at radius 1 is 1.07 bits per heavy atom. The van der Waals surface area contributed by atoms with Crippen molar-refractivity contribution >= 4 is 11.8 Å². The number of hydrogen-bond acceptors (Lipinski definition) is 3. The standard InChI is InChI=1S/C12H24N2S/c13-14-12(10-5-1-2-6-10)9-15-11-7-3-4-8-11/h10-12,14H,1-9,13H2. The van der Waals surface area contributed by atoms with Crippen LogP contribution in [0.2, 0.25) is 0 Å². The average molecular weight is 228 g/mol. The third-order valence-corrected chi connectivity index (χ3v) is 5.49. The summed E-state index contributed by atoms with van der Waals surface area (Å²) in [6.45, 7) is 0. The molecule has 3 N–H and O–H groups in total. The van der Waals surface area contributed by atoms with Crippen LogP contribution in [0.25, 0.3) is 0 Å². The monoisotopic (exact) mass is 228 g/mol. The Kier molecular flexibility index (Phi) is 4.79. The summed E-state index contributed by atoms with van der Waals surface area (Å²) < 4.78 is 0. The van der Waals surface area contributed by atoms with Crippen molar-refractivity contribution in [1.29, 1.82) is 0 Å². The molecular weight excluding hydrogens is 204 g/mol. The molecule has 1 unspecified atom stereocenters. The molecule has 0 aromatic carbocycles. The van der Waals surface area contributed by atoms with Gasteiger partial charge >= 0.3 is 0 Å². The van der Waals surface area contributed by atoms with Gasteiger partial charge in [0.2, 0.25) is 0 Å². The lowest BCUT2D eigenvalue weighted by Crippen LogP contribution is -2.42. The molecule has 2 saturated carbocycles. The molecule has 88 valence electrons. The highest BCUT2D eigenvalue weighted by Crippen LogP contribution is 2.33. The molecule has 15 heavy (non-hydrogen) atoms. The minimum atomic E-state index is 0.568. The molecule has 0 aromatic heterocycles. The predicted octanol–water partition coefficient (Wildman–Crippen LogP) is 2.68. The topological polar surface area (TPSA) is 38.0 Å². The molecule has 1 atom stereocenters. The van der Waals surface area contributed by atoms with E-state index >= 15 is 0 Å². The Balaban J connectivity index is 1.69. The molecule has 2 nitrogen and oxygen atoms in total. The lowest BCUT2D eigenvalue weighted by atomic mass is 10.0. The molecule has 2 rings (SSSR count). The molecule has 0 saturated heterocycles. The summed E-state index contributed by atoms with van der Waals surface area (Å²) >= 11 is 2.16. The number of rotatable bonds is 5. The van der Waals surface area contributed by atoms with E-state index in [0.29, 0.717) is 6.04 Å². The van der Waals surface area contributed by atoms with E-state index in [0.717, 1.165) is 11.2 Å². The quantitative estimate of drug-likeness (QED) is 0.561. The fourth-order valence-electron chi connectivity index (χ4n) is 2.97. The van der Waals surface area contributed by atoms with E-state index in [9.17, 15) is 0 Å². The Hall–Kier alpha value is 0.270. The number of hydrazine groups is 1. The van der Waals surface area contributed by atoms with E-state index in [-0.39, 0.29) is 0 Å². The summed E-state index contributed by atoms with van der Waals surface area (Å²) in [4.78, 5) is 0. The number of hydrogen-bond donors (Lipinski definition) is 2. The molecule has 2 aliphatic rings. The second-order valence-corrected chi connectivity index (χ2v) is 6.39. The van der Waals surface area contributed by atoms with Gasteiger partial charge in [-0.2, -0.15) is 11.8 Å². The van der Waals surface area contributed by atoms with Crippen LogP contribution in [0.15, 0.2) is 0 Å². The molecule has 0 spiro atoms. The molecule has 0 aromatic rings. The van der Waals surface area contributed by atoms with Crippen LogP contribution < -0.4 is 11.3 Å². The molecule has 2 aliphatic carbocycles. The third kappa shape index (κ3) is 3.36. The SMILES string of the molecule is NNC(CSC1CCCC1)C1CCCC1. The van der Waals surface area contributed by atoms with Crippen molar-refractivity contribution in [1.82, 2.24) is 5.43 Å². The van der Waals surface area contributed by atoms with Crippen LogP contribution >= 0.6 is 11.8 Å². The maximum Gasteiger partial charge on any atom is 0.0329 e. The third-order valence-electron chi connectivity index (χ3n) is 4.00. The Bertz CT molecular complexity index is 174. The highest BCUT2D eigenvalue weighted by molar-refractivity contribution is 7.99. The highest BCUT2D eigenvalue weighted by Gasteiger charge is 2.25. The van der Waals surface area contributed by atoms with Crippen molar-refractivity contribution in [2.45, 2.75) is 62.7 Å². The van der Waals surface area contributed by atoms with E-state index in [4.69, 9.17) is 5.84 Å². The summed E-state index contributed by atoms with van der Waals surface area (Å²) in [5, 5.41) is 0.933. The van der Waals surface area contributed by atoms with Gasteiger partial charge in [0, 0.05) is 17.0 Å². The first-order chi connectivity index (χ1) is 7.40. The van der Waals surface area contributed by atoms with Crippen LogP contribution in [-0.2, 0) is 0 Å². The number of nitrogens with one attached hydrogen (secondary N) is 1. The van der Waals surface area contributed by atoms with Gasteiger partial charge in [0.15, 0.2) is 0 Å². The molecule has 0 bridgehead atoms. The summed E-state index contributed by atoms with van der Waals surface area (Å²) in [7, 11) is 0. The summed E-state index contributed by atoms with van der Waals surface area (Å²) in [5.41, 5.74) is 3.05. The highest BCUT2D eigenvalue weighted by atomic mass is 32.2. The predicted molar refractivity (Wildman–Crippen MR) is 67.8 cm³/mol. The van der Waals surface area contributed by atoms with Gasteiger partial charge in [-0.25, -0.2) is 0 Å². The summed E-state index contributed by atoms with van der Waals surface area (Å²) in [6, 6.07) is 0.568. The van der Waals surface area contributed by atoms with E-state index in [2.05, 4.69) is 17.2 Å². The van der Waals surface area contributed by atoms with Gasteiger partial charge in [-0.1, -0.05) is 25.7 Å². The second kappa shape index (κ2) is 6.12. The smallest absolute Gasteiger partial charge is 0.0329 e. The number of thioether (sulfide) groups is 1. The lowest BCUT2D eigenvalue weighted by Gasteiger charge is -2.23. The van der Waals surface area contributed by atoms with Gasteiger partial charge in [0.1, 0.15) is 0 Å². The van der Waals surface area contributed by atoms with E-state index in [1.54, 1.807) is 0 Å². The van der Waals surface area contributed by atoms with E-state index in [1.807, 2.05) is 0 Å². The average Bonchev–Trinajstić information content (AvgIpc) is 2.90. The Labute approximate surface area is 97.7 Å². The van der Waals surface area contributed by atoms with Gasteiger partial charge in [0.25, 0.3) is 0 Å². The number of nitrogens with two attached hydrogens (primary N) is 1. The van der Waals surface area contributed by atoms with Crippen molar-refractivity contribution < 1.29 is 0 Å². The fraction of sp³-hybridized carbons (Fsp3) is 1.00. The van der Waals surface area contributed by atoms with E-state index < -0.39 is 0 Å². The van der Waals surface area contributed by atoms with Crippen molar-refractivity contribution in [2.75, 3.05) is 5.75 Å². The van der Waals surface area contributed by atoms with Crippen molar-refractivity contribution in [3.05, 3.63) is 0 Å². The van der Waals surface area contributed by atoms with Crippen LogP contribution in [0.5, 0.6) is 0 Å². The maximum absolute atomic E-state index is 5.67. The molecular formula is C12H24N2S. The van der Waals surface area contributed by atoms with Gasteiger partial charge in [-0.15, -0.1) is 0 Å². The van der Waals surface area contributed by atoms with Crippen LogP contribution in [-0.4, -0.2) is 17.0 Å². The molecule has 2 fully saturated rings. The lowest BCUT2D eigenvalue weighted by molar-refractivity contribution is 0.393. The second-order valence-electron chi connectivity index (χ2n) is 5.06. The van der Waals surface area contributed by atoms with Crippen molar-refractivity contribution in [2.24, 2.45) is 11.8 Å². The molecule has 0 aliphatic heterocycles. The minimum Gasteiger partial charge on any atom is -0.271 e. The van der Waals surface area contributed by atoms with E-state index in [1.165, 1.54) is 57.1 Å². The van der Waals surface area contributed by atoms with Crippen LogP contribution in [0.1, 0.15) is 51.4 Å². The summed E-state index contributed by atoms with van der Waals surface area (Å²) in [5.74, 6) is 7.75. The van der Waals surface area contributed by atoms with Gasteiger partial charge in [-0.3, -0.25) is 11.3 Å². The van der Waals surface area contributed by atoms with Crippen molar-refractivity contribution in [3.63, 3.8) is 0 Å². The first kappa shape index (κ1) is 11.7. The maximum atomic E-state index is 5.67. The zero-order valence-electron chi connectivity index (χ0n) is 9.58. The van der Waals surface area contributed by atoms with Crippen molar-refractivity contribution in [3.8, 4) is 0 Å². The largest absolute Gasteiger partial charge is 0.271 e. The minimum absolute atomic E-state index is 0.568. The molecule has 3 heteroatoms. The first-order valence-electron chi connectivity index (χ1n) is 6.48.